The smallest absolute Gasteiger partial charge is 0.245 e. The number of phenolic OH excluding ortho intramolecular Hbond substituents is 1. The first kappa shape index (κ1) is 67.2. The topological polar surface area (TPSA) is 417 Å². The van der Waals surface area contributed by atoms with Gasteiger partial charge in [-0.15, -0.1) is 0 Å². The summed E-state index contributed by atoms with van der Waals surface area (Å²) in [6.45, 7) is 8.90. The number of nitrogens with zero attached hydrogens (tertiary/aromatic N) is 2. The van der Waals surface area contributed by atoms with Crippen LogP contribution in [0.25, 0.3) is 10.9 Å². The fraction of sp³-hybridized carbons (Fsp3) is 0.533. The minimum Gasteiger partial charge on any atom is -0.508 e. The summed E-state index contributed by atoms with van der Waals surface area (Å²) in [6, 6.07) is 3.11. The zero-order valence-corrected chi connectivity index (χ0v) is 50.0. The molecule has 0 saturated carbocycles. The minimum atomic E-state index is -1.74. The summed E-state index contributed by atoms with van der Waals surface area (Å²) in [7, 11) is 0. The van der Waals surface area contributed by atoms with E-state index in [-0.39, 0.29) is 112 Å². The molecule has 0 radical (unpaired) electrons. The number of guanidine groups is 1. The molecule has 472 valence electrons. The van der Waals surface area contributed by atoms with Crippen LogP contribution in [0.2, 0.25) is 0 Å². The molecule has 4 aromatic rings. The maximum absolute atomic E-state index is 14.7. The Morgan fingerprint density at radius 2 is 1.33 bits per heavy atom. The van der Waals surface area contributed by atoms with E-state index in [4.69, 9.17) is 11.1 Å². The van der Waals surface area contributed by atoms with E-state index in [9.17, 15) is 58.2 Å². The number of imidazole rings is 1. The first-order chi connectivity index (χ1) is 41.5. The summed E-state index contributed by atoms with van der Waals surface area (Å²) in [5, 5.41) is 53.6. The maximum Gasteiger partial charge on any atom is 0.245 e. The number of aromatic amines is 2. The third kappa shape index (κ3) is 20.1. The van der Waals surface area contributed by atoms with Crippen LogP contribution in [-0.4, -0.2) is 170 Å². The van der Waals surface area contributed by atoms with E-state index in [0.717, 1.165) is 10.9 Å². The van der Waals surface area contributed by atoms with E-state index in [0.29, 0.717) is 42.6 Å². The van der Waals surface area contributed by atoms with Crippen molar-refractivity contribution in [2.24, 2.45) is 23.5 Å². The number of nitrogens with one attached hydrogen (secondary N) is 12. The number of nitrogens with two attached hydrogens (primary N) is 1. The number of hydrogen-bond donors (Lipinski definition) is 15. The van der Waals surface area contributed by atoms with Crippen molar-refractivity contribution in [3.05, 3.63) is 84.1 Å². The fourth-order valence-electron chi connectivity index (χ4n) is 10.8. The number of hydrogen-bond acceptors (Lipinski definition) is 14. The van der Waals surface area contributed by atoms with Gasteiger partial charge in [0.15, 0.2) is 11.7 Å². The highest BCUT2D eigenvalue weighted by Gasteiger charge is 2.40. The van der Waals surface area contributed by atoms with E-state index < -0.39 is 102 Å². The number of likely N-dealkylation sites (tertiary alicyclic amines) is 1. The maximum atomic E-state index is 14.7. The Labute approximate surface area is 504 Å². The number of para-hydroxylation sites is 1. The minimum absolute atomic E-state index is 0.0176. The number of benzene rings is 2. The molecule has 2 aliphatic rings. The van der Waals surface area contributed by atoms with Gasteiger partial charge in [0.2, 0.25) is 53.2 Å². The molecule has 9 atom stereocenters. The molecule has 0 spiro atoms. The van der Waals surface area contributed by atoms with Crippen LogP contribution in [0.1, 0.15) is 109 Å². The molecule has 6 rings (SSSR count). The SMILES string of the molecule is CCNC(=O)[C@@H]1CCCN1C(=O)[C@H](CCCNC(=N)N)NC(=O)[C@H](CC(C)C)NC(=O)[C@@H](CC(C)C)NC(=O)[C@H](Cc1ccc(O)cc1)NC(=O)[C@H](CO)NC(=O)[C@H](Cc1c[nH]c2ccccc12)NC(=O)[C@@H](CC(=O)[C@@H]1CCC(=O)N1)Cc1c[nH]cn1. The summed E-state index contributed by atoms with van der Waals surface area (Å²) < 4.78 is 0. The highest BCUT2D eigenvalue weighted by Crippen LogP contribution is 2.23. The van der Waals surface area contributed by atoms with Crippen LogP contribution in [0, 0.1) is 23.2 Å². The lowest BCUT2D eigenvalue weighted by atomic mass is 9.92. The van der Waals surface area contributed by atoms with E-state index in [1.165, 1.54) is 35.5 Å². The number of rotatable bonds is 33. The number of fused-ring (bicyclic) bond motifs is 1. The van der Waals surface area contributed by atoms with Gasteiger partial charge in [0, 0.05) is 75.0 Å². The standard InChI is InChI=1S/C60H85N15O12/c1-6-64-58(86)49-14-10-22-75(49)59(87)43(13-9-21-65-60(61)62)69-53(81)44(23-33(2)3)71-54(82)45(24-34(4)5)72-55(83)46(25-35-15-17-39(77)18-16-35)73-57(85)48(31-76)74-56(84)47(27-37-29-66-41-12-8-7-11-40(37)41)70-52(80)36(26-38-30-63-32-67-38)28-50(78)42-19-20-51(79)68-42/h7-8,11-12,15-18,29-30,32-34,36,42-49,66,76-77H,6,9-10,13-14,19-28,31H2,1-5H3,(H,63,67)(H,64,86)(H,68,79)(H,69,81)(H,70,80)(H,71,82)(H,72,83)(H,73,85)(H,74,84)(H4,61,62,65)/t36-,42+,43+,44+,45-,46+,47+,48+,49+/m1/s1. The molecule has 2 aliphatic heterocycles. The molecule has 4 heterocycles. The summed E-state index contributed by atoms with van der Waals surface area (Å²) in [5.74, 6) is -8.30. The van der Waals surface area contributed by atoms with Crippen molar-refractivity contribution in [2.75, 3.05) is 26.2 Å². The number of amides is 9. The van der Waals surface area contributed by atoms with Gasteiger partial charge in [-0.05, 0) is 93.0 Å². The number of ketones is 1. The third-order valence-corrected chi connectivity index (χ3v) is 15.2. The Bertz CT molecular complexity index is 3040. The predicted octanol–water partition coefficient (Wildman–Crippen LogP) is -0.138. The van der Waals surface area contributed by atoms with E-state index >= 15 is 0 Å². The number of H-pyrrole nitrogens is 2. The molecule has 2 fully saturated rings. The van der Waals surface area contributed by atoms with Crippen LogP contribution in [0.5, 0.6) is 5.75 Å². The third-order valence-electron chi connectivity index (χ3n) is 15.2. The number of aliphatic hydroxyl groups is 1. The van der Waals surface area contributed by atoms with Crippen molar-refractivity contribution < 1.29 is 58.2 Å². The summed E-state index contributed by atoms with van der Waals surface area (Å²) >= 11 is 0. The Morgan fingerprint density at radius 3 is 1.93 bits per heavy atom. The first-order valence-corrected chi connectivity index (χ1v) is 29.8. The first-order valence-electron chi connectivity index (χ1n) is 29.8. The second-order valence-electron chi connectivity index (χ2n) is 23.1. The Hall–Kier alpha value is -8.88. The van der Waals surface area contributed by atoms with Gasteiger partial charge in [0.1, 0.15) is 48.0 Å². The number of Topliss-reactive ketones (excluding diaryl/α,β-unsaturated/α-hetero) is 1. The average molecular weight is 1210 g/mol. The number of likely N-dealkylation sites (N-methyl/N-ethyl adjacent to an activating group) is 1. The summed E-state index contributed by atoms with van der Waals surface area (Å²) in [6.07, 6.45) is 5.89. The van der Waals surface area contributed by atoms with Gasteiger partial charge < -0.3 is 78.7 Å². The molecule has 2 aromatic heterocycles. The molecule has 2 saturated heterocycles. The van der Waals surface area contributed by atoms with E-state index in [1.54, 1.807) is 25.4 Å². The Kier molecular flexibility index (Phi) is 25.2. The molecule has 16 N–H and O–H groups in total. The van der Waals surface area contributed by atoms with Crippen molar-refractivity contribution in [1.29, 1.82) is 5.41 Å². The zero-order chi connectivity index (χ0) is 63.3. The highest BCUT2D eigenvalue weighted by atomic mass is 16.3. The number of aliphatic hydroxyl groups excluding tert-OH is 1. The summed E-state index contributed by atoms with van der Waals surface area (Å²) in [5.41, 5.74) is 7.72. The van der Waals surface area contributed by atoms with Crippen LogP contribution in [-0.2, 0) is 67.2 Å². The molecule has 0 bridgehead atoms. The van der Waals surface area contributed by atoms with Crippen molar-refractivity contribution in [3.8, 4) is 5.75 Å². The molecule has 87 heavy (non-hydrogen) atoms. The largest absolute Gasteiger partial charge is 0.508 e. The number of carbonyl (C=O) groups is 10. The van der Waals surface area contributed by atoms with Crippen LogP contribution in [0.15, 0.2) is 67.3 Å². The van der Waals surface area contributed by atoms with Crippen molar-refractivity contribution >= 4 is 75.8 Å². The molecule has 9 amide bonds. The van der Waals surface area contributed by atoms with E-state index in [1.807, 2.05) is 45.9 Å². The second kappa shape index (κ2) is 32.6. The predicted molar refractivity (Wildman–Crippen MR) is 321 cm³/mol. The zero-order valence-electron chi connectivity index (χ0n) is 50.0. The van der Waals surface area contributed by atoms with Crippen molar-refractivity contribution in [2.45, 2.75) is 160 Å². The van der Waals surface area contributed by atoms with Gasteiger partial charge in [0.05, 0.1) is 30.6 Å². The van der Waals surface area contributed by atoms with E-state index in [2.05, 4.69) is 62.8 Å². The van der Waals surface area contributed by atoms with Gasteiger partial charge in [-0.3, -0.25) is 53.4 Å². The lowest BCUT2D eigenvalue weighted by molar-refractivity contribution is -0.142. The summed E-state index contributed by atoms with van der Waals surface area (Å²) in [4.78, 5) is 152. The number of aromatic hydroxyl groups is 1. The van der Waals surface area contributed by atoms with Crippen LogP contribution < -0.4 is 53.6 Å². The molecule has 2 aromatic carbocycles. The normalized spacial score (nSPS) is 17.2. The van der Waals surface area contributed by atoms with Gasteiger partial charge in [-0.2, -0.15) is 0 Å². The molecule has 0 aliphatic carbocycles. The van der Waals surface area contributed by atoms with Gasteiger partial charge in [-0.25, -0.2) is 4.98 Å². The Morgan fingerprint density at radius 1 is 0.736 bits per heavy atom. The molecule has 0 unspecified atom stereocenters. The lowest BCUT2D eigenvalue weighted by Crippen LogP contribution is -2.61. The number of phenols is 1. The molecule has 27 nitrogen and oxygen atoms in total. The Balaban J connectivity index is 1.22. The average Bonchev–Trinajstić information content (AvgIpc) is 4.37. The van der Waals surface area contributed by atoms with Gasteiger partial charge in [0.25, 0.3) is 0 Å². The highest BCUT2D eigenvalue weighted by molar-refractivity contribution is 5.99. The quantitative estimate of drug-likeness (QED) is 0.0168. The van der Waals surface area contributed by atoms with Crippen molar-refractivity contribution in [1.82, 2.24) is 67.7 Å². The van der Waals surface area contributed by atoms with Gasteiger partial charge in [-0.1, -0.05) is 58.0 Å². The monoisotopic (exact) mass is 1210 g/mol. The van der Waals surface area contributed by atoms with Crippen LogP contribution >= 0.6 is 0 Å². The molecule has 27 heteroatoms. The lowest BCUT2D eigenvalue weighted by Gasteiger charge is -2.31. The van der Waals surface area contributed by atoms with Crippen molar-refractivity contribution in [3.63, 3.8) is 0 Å². The number of carbonyl (C=O) groups excluding carboxylic acids is 10. The number of aromatic nitrogens is 3. The molecular formula is C60H85N15O12. The van der Waals surface area contributed by atoms with Crippen LogP contribution in [0.3, 0.4) is 0 Å². The molecular weight excluding hydrogens is 1120 g/mol. The second-order valence-corrected chi connectivity index (χ2v) is 23.1. The van der Waals surface area contributed by atoms with Crippen LogP contribution in [0.4, 0.5) is 0 Å². The van der Waals surface area contributed by atoms with Gasteiger partial charge >= 0.3 is 0 Å². The fourth-order valence-corrected chi connectivity index (χ4v) is 10.8.